The van der Waals surface area contributed by atoms with E-state index in [2.05, 4.69) is 32.6 Å². The van der Waals surface area contributed by atoms with Crippen LogP contribution in [0.15, 0.2) is 35.5 Å². The summed E-state index contributed by atoms with van der Waals surface area (Å²) in [7, 11) is 0. The van der Waals surface area contributed by atoms with Crippen LogP contribution in [0.25, 0.3) is 0 Å². The molecular weight excluding hydrogens is 340 g/mol. The van der Waals surface area contributed by atoms with E-state index >= 15 is 0 Å². The van der Waals surface area contributed by atoms with Crippen LogP contribution in [-0.4, -0.2) is 5.78 Å². The second kappa shape index (κ2) is 9.14. The number of hydrogen-bond acceptors (Lipinski definition) is 1. The molecule has 3 saturated carbocycles. The number of ketones is 1. The maximum atomic E-state index is 12.1. The van der Waals surface area contributed by atoms with E-state index in [9.17, 15) is 4.79 Å². The summed E-state index contributed by atoms with van der Waals surface area (Å²) >= 11 is 0. The van der Waals surface area contributed by atoms with Gasteiger partial charge in [0.05, 0.1) is 0 Å². The van der Waals surface area contributed by atoms with E-state index < -0.39 is 0 Å². The van der Waals surface area contributed by atoms with Crippen molar-refractivity contribution in [3.63, 3.8) is 0 Å². The number of carbonyl (C=O) groups excluding carboxylic acids is 1. The molecule has 1 heteroatoms. The average molecular weight is 383 g/mol. The number of rotatable bonds is 6. The van der Waals surface area contributed by atoms with Crippen molar-refractivity contribution in [3.05, 3.63) is 35.5 Å². The zero-order valence-electron chi connectivity index (χ0n) is 18.9. The predicted molar refractivity (Wildman–Crippen MR) is 120 cm³/mol. The minimum Gasteiger partial charge on any atom is -0.299 e. The van der Waals surface area contributed by atoms with E-state index in [1.165, 1.54) is 68.9 Å². The minimum absolute atomic E-state index is 0.186. The molecular formula is C27H42O. The first-order valence-corrected chi connectivity index (χ1v) is 11.9. The van der Waals surface area contributed by atoms with Crippen molar-refractivity contribution in [1.82, 2.24) is 0 Å². The summed E-state index contributed by atoms with van der Waals surface area (Å²) in [5.74, 6) is 2.82. The molecule has 0 radical (unpaired) electrons. The molecule has 4 atom stereocenters. The Kier molecular flexibility index (Phi) is 7.05. The van der Waals surface area contributed by atoms with Crippen molar-refractivity contribution >= 4 is 5.78 Å². The van der Waals surface area contributed by atoms with E-state index in [0.29, 0.717) is 17.1 Å². The smallest absolute Gasteiger partial charge is 0.135 e. The summed E-state index contributed by atoms with van der Waals surface area (Å²) in [4.78, 5) is 12.1. The molecule has 0 heterocycles. The topological polar surface area (TPSA) is 17.1 Å². The number of carbonyl (C=O) groups is 1. The summed E-state index contributed by atoms with van der Waals surface area (Å²) in [5, 5.41) is 0. The molecule has 0 aromatic rings. The lowest BCUT2D eigenvalue weighted by molar-refractivity contribution is -0.122. The quantitative estimate of drug-likeness (QED) is 0.457. The first-order valence-electron chi connectivity index (χ1n) is 11.9. The third-order valence-electron chi connectivity index (χ3n) is 8.34. The molecule has 0 N–H and O–H groups in total. The highest BCUT2D eigenvalue weighted by Crippen LogP contribution is 2.59. The van der Waals surface area contributed by atoms with E-state index in [0.717, 1.165) is 24.7 Å². The number of hydrogen-bond donors (Lipinski definition) is 0. The fourth-order valence-corrected chi connectivity index (χ4v) is 6.47. The third-order valence-corrected chi connectivity index (χ3v) is 8.34. The molecule has 0 saturated heterocycles. The molecule has 0 aromatic carbocycles. The van der Waals surface area contributed by atoms with Crippen LogP contribution in [-0.2, 0) is 4.79 Å². The summed E-state index contributed by atoms with van der Waals surface area (Å²) < 4.78 is 0. The average Bonchev–Trinajstić information content (AvgIpc) is 3.02. The molecule has 28 heavy (non-hydrogen) atoms. The highest BCUT2D eigenvalue weighted by molar-refractivity contribution is 5.80. The normalized spacial score (nSPS) is 34.8. The van der Waals surface area contributed by atoms with Gasteiger partial charge in [-0.2, -0.15) is 0 Å². The lowest BCUT2D eigenvalue weighted by Crippen LogP contribution is -2.36. The molecule has 0 aromatic heterocycles. The molecule has 0 aliphatic heterocycles. The van der Waals surface area contributed by atoms with Gasteiger partial charge in [0.2, 0.25) is 0 Å². The van der Waals surface area contributed by atoms with E-state index in [1.54, 1.807) is 5.57 Å². The molecule has 3 aliphatic carbocycles. The first-order chi connectivity index (χ1) is 13.3. The van der Waals surface area contributed by atoms with Gasteiger partial charge in [-0.05, 0) is 93.0 Å². The number of fused-ring (bicyclic) bond motifs is 1. The Morgan fingerprint density at radius 2 is 1.86 bits per heavy atom. The predicted octanol–water partition coefficient (Wildman–Crippen LogP) is 7.83. The van der Waals surface area contributed by atoms with Crippen molar-refractivity contribution in [2.24, 2.45) is 29.1 Å². The molecule has 3 aliphatic rings. The molecule has 156 valence electrons. The van der Waals surface area contributed by atoms with Gasteiger partial charge in [-0.3, -0.25) is 4.79 Å². The van der Waals surface area contributed by atoms with Gasteiger partial charge < -0.3 is 0 Å². The molecule has 0 unspecified atom stereocenters. The van der Waals surface area contributed by atoms with Crippen molar-refractivity contribution in [2.75, 3.05) is 0 Å². The SMILES string of the molecule is C=C1CCCC/C1=C/C=C1\CCC[C@]2(C)[C@@H]([C@H](C)CCC(=O)C(C)C)CC[C@@H]12. The Morgan fingerprint density at radius 3 is 2.57 bits per heavy atom. The van der Waals surface area contributed by atoms with Gasteiger partial charge >= 0.3 is 0 Å². The Morgan fingerprint density at radius 1 is 1.11 bits per heavy atom. The second-order valence-corrected chi connectivity index (χ2v) is 10.5. The van der Waals surface area contributed by atoms with Gasteiger partial charge in [0, 0.05) is 12.3 Å². The van der Waals surface area contributed by atoms with Gasteiger partial charge in [-0.25, -0.2) is 0 Å². The standard InChI is InChI=1S/C27H42O/c1-19(2)26(28)17-12-21(4)24-15-16-25-23(11-8-18-27(24,25)5)14-13-22-10-7-6-9-20(22)3/h13-14,19,21,24-25H,3,6-12,15-18H2,1-2,4-5H3/b22-13-,23-14+/t21-,24-,25+,27-/m1/s1. The Hall–Kier alpha value is -1.11. The van der Waals surface area contributed by atoms with Gasteiger partial charge in [0.25, 0.3) is 0 Å². The zero-order chi connectivity index (χ0) is 20.3. The molecule has 3 fully saturated rings. The van der Waals surface area contributed by atoms with E-state index in [4.69, 9.17) is 0 Å². The number of Topliss-reactive ketones (excluding diaryl/α,β-unsaturated/α-hetero) is 1. The van der Waals surface area contributed by atoms with Gasteiger partial charge in [0.1, 0.15) is 5.78 Å². The summed E-state index contributed by atoms with van der Waals surface area (Å²) in [5.41, 5.74) is 5.01. The summed E-state index contributed by atoms with van der Waals surface area (Å²) in [6, 6.07) is 0. The monoisotopic (exact) mass is 382 g/mol. The third kappa shape index (κ3) is 4.55. The summed E-state index contributed by atoms with van der Waals surface area (Å²) in [6.45, 7) is 13.3. The van der Waals surface area contributed by atoms with Gasteiger partial charge in [-0.1, -0.05) is 57.6 Å². The largest absolute Gasteiger partial charge is 0.299 e. The van der Waals surface area contributed by atoms with Crippen LogP contribution in [0.3, 0.4) is 0 Å². The second-order valence-electron chi connectivity index (χ2n) is 10.5. The first kappa shape index (κ1) is 21.6. The highest BCUT2D eigenvalue weighted by atomic mass is 16.1. The van der Waals surface area contributed by atoms with E-state index in [-0.39, 0.29) is 5.92 Å². The van der Waals surface area contributed by atoms with Crippen LogP contribution in [0.1, 0.15) is 98.3 Å². The van der Waals surface area contributed by atoms with Crippen LogP contribution >= 0.6 is 0 Å². The molecule has 0 spiro atoms. The summed E-state index contributed by atoms with van der Waals surface area (Å²) in [6.07, 6.45) is 18.5. The van der Waals surface area contributed by atoms with Crippen molar-refractivity contribution in [2.45, 2.75) is 98.3 Å². The van der Waals surface area contributed by atoms with Crippen LogP contribution in [0.4, 0.5) is 0 Å². The molecule has 3 rings (SSSR count). The Labute approximate surface area is 173 Å². The van der Waals surface area contributed by atoms with Crippen LogP contribution < -0.4 is 0 Å². The molecule has 1 nitrogen and oxygen atoms in total. The van der Waals surface area contributed by atoms with Crippen LogP contribution in [0.2, 0.25) is 0 Å². The van der Waals surface area contributed by atoms with Crippen molar-refractivity contribution < 1.29 is 4.79 Å². The van der Waals surface area contributed by atoms with Crippen LogP contribution in [0, 0.1) is 29.1 Å². The number of allylic oxidation sites excluding steroid dienone is 5. The lowest BCUT2D eigenvalue weighted by Gasteiger charge is -2.44. The van der Waals surface area contributed by atoms with Gasteiger partial charge in [0.15, 0.2) is 0 Å². The Balaban J connectivity index is 1.70. The lowest BCUT2D eigenvalue weighted by atomic mass is 9.60. The maximum Gasteiger partial charge on any atom is 0.135 e. The highest BCUT2D eigenvalue weighted by Gasteiger charge is 2.50. The van der Waals surface area contributed by atoms with Crippen LogP contribution in [0.5, 0.6) is 0 Å². The van der Waals surface area contributed by atoms with E-state index in [1.807, 2.05) is 13.8 Å². The fourth-order valence-electron chi connectivity index (χ4n) is 6.47. The maximum absolute atomic E-state index is 12.1. The fraction of sp³-hybridized carbons (Fsp3) is 0.741. The Bertz CT molecular complexity index is 649. The zero-order valence-corrected chi connectivity index (χ0v) is 18.9. The van der Waals surface area contributed by atoms with Gasteiger partial charge in [-0.15, -0.1) is 0 Å². The van der Waals surface area contributed by atoms with Crippen molar-refractivity contribution in [3.8, 4) is 0 Å². The minimum atomic E-state index is 0.186. The molecule has 0 amide bonds. The molecule has 0 bridgehead atoms. The van der Waals surface area contributed by atoms with Crippen molar-refractivity contribution in [1.29, 1.82) is 0 Å².